The van der Waals surface area contributed by atoms with E-state index >= 15 is 0 Å². The molecule has 0 saturated carbocycles. The number of rotatable bonds is 3. The van der Waals surface area contributed by atoms with Crippen molar-refractivity contribution in [3.05, 3.63) is 53.3 Å². The molecule has 114 valence electrons. The molecule has 2 aromatic carbocycles. The molecule has 0 aliphatic heterocycles. The molecule has 0 bridgehead atoms. The summed E-state index contributed by atoms with van der Waals surface area (Å²) in [6, 6.07) is 10.6. The van der Waals surface area contributed by atoms with Crippen LogP contribution in [-0.4, -0.2) is 21.3 Å². The third kappa shape index (κ3) is 4.99. The van der Waals surface area contributed by atoms with Crippen molar-refractivity contribution in [1.29, 1.82) is 0 Å². The molecule has 0 aliphatic rings. The average Bonchev–Trinajstić information content (AvgIpc) is 2.48. The molecule has 3 nitrogen and oxygen atoms in total. The van der Waals surface area contributed by atoms with Crippen molar-refractivity contribution < 1.29 is 18.6 Å². The molecule has 0 N–H and O–H groups in total. The molecule has 0 aromatic heterocycles. The van der Waals surface area contributed by atoms with Gasteiger partial charge in [-0.15, -0.1) is 0 Å². The van der Waals surface area contributed by atoms with E-state index in [-0.39, 0.29) is 5.82 Å². The monoisotopic (exact) mass is 292 g/mol. The van der Waals surface area contributed by atoms with Gasteiger partial charge in [0.05, 0.1) is 21.3 Å². The first-order valence-corrected chi connectivity index (χ1v) is 6.50. The van der Waals surface area contributed by atoms with Gasteiger partial charge in [0.1, 0.15) is 11.5 Å². The maximum absolute atomic E-state index is 12.7. The zero-order chi connectivity index (χ0) is 15.8. The summed E-state index contributed by atoms with van der Waals surface area (Å²) >= 11 is 0. The van der Waals surface area contributed by atoms with Crippen LogP contribution in [0.5, 0.6) is 17.2 Å². The number of ether oxygens (including phenoxy) is 3. The van der Waals surface area contributed by atoms with Crippen LogP contribution in [0, 0.1) is 19.7 Å². The summed E-state index contributed by atoms with van der Waals surface area (Å²) < 4.78 is 27.6. The van der Waals surface area contributed by atoms with Gasteiger partial charge in [0, 0.05) is 6.07 Å². The lowest BCUT2D eigenvalue weighted by Gasteiger charge is -2.05. The molecular weight excluding hydrogens is 271 g/mol. The first-order valence-electron chi connectivity index (χ1n) is 6.50. The van der Waals surface area contributed by atoms with Gasteiger partial charge in [-0.3, -0.25) is 0 Å². The summed E-state index contributed by atoms with van der Waals surface area (Å²) in [5, 5.41) is 0. The van der Waals surface area contributed by atoms with E-state index in [0.29, 0.717) is 5.75 Å². The Kier molecular flexibility index (Phi) is 6.53. The van der Waals surface area contributed by atoms with E-state index in [1.54, 1.807) is 20.3 Å². The van der Waals surface area contributed by atoms with Crippen LogP contribution in [0.25, 0.3) is 0 Å². The summed E-state index contributed by atoms with van der Waals surface area (Å²) in [4.78, 5) is 0. The van der Waals surface area contributed by atoms with Crippen LogP contribution in [0.4, 0.5) is 4.39 Å². The minimum absolute atomic E-state index is 0.297. The third-order valence-corrected chi connectivity index (χ3v) is 2.92. The number of benzene rings is 2. The lowest BCUT2D eigenvalue weighted by atomic mass is 10.2. The van der Waals surface area contributed by atoms with Gasteiger partial charge in [-0.05, 0) is 43.2 Å². The number of hydrogen-bond donors (Lipinski definition) is 0. The molecule has 0 fully saturated rings. The Balaban J connectivity index is 0.000000211. The highest BCUT2D eigenvalue weighted by atomic mass is 19.1. The van der Waals surface area contributed by atoms with Gasteiger partial charge in [-0.1, -0.05) is 12.1 Å². The molecule has 0 atom stereocenters. The normalized spacial score (nSPS) is 9.43. The first-order chi connectivity index (χ1) is 10.0. The molecular formula is C17H21FO3. The Morgan fingerprint density at radius 3 is 1.95 bits per heavy atom. The highest BCUT2D eigenvalue weighted by Crippen LogP contribution is 2.23. The van der Waals surface area contributed by atoms with Gasteiger partial charge < -0.3 is 14.2 Å². The van der Waals surface area contributed by atoms with E-state index in [1.807, 2.05) is 38.1 Å². The van der Waals surface area contributed by atoms with Crippen molar-refractivity contribution in [2.45, 2.75) is 13.8 Å². The topological polar surface area (TPSA) is 27.7 Å². The van der Waals surface area contributed by atoms with Crippen molar-refractivity contribution in [2.24, 2.45) is 0 Å². The zero-order valence-electron chi connectivity index (χ0n) is 13.1. The average molecular weight is 292 g/mol. The SMILES string of the molecule is COc1ccc(C)c(OC)c1.COc1ccc(C)cc1F. The highest BCUT2D eigenvalue weighted by Gasteiger charge is 1.99. The molecule has 0 heterocycles. The van der Waals surface area contributed by atoms with Crippen LogP contribution in [-0.2, 0) is 0 Å². The fourth-order valence-corrected chi connectivity index (χ4v) is 1.70. The zero-order valence-corrected chi connectivity index (χ0v) is 13.1. The van der Waals surface area contributed by atoms with Gasteiger partial charge in [0.2, 0.25) is 0 Å². The molecule has 0 amide bonds. The molecule has 4 heteroatoms. The number of methoxy groups -OCH3 is 3. The molecule has 0 saturated heterocycles. The smallest absolute Gasteiger partial charge is 0.165 e. The van der Waals surface area contributed by atoms with E-state index in [2.05, 4.69) is 0 Å². The van der Waals surface area contributed by atoms with Crippen LogP contribution in [0.3, 0.4) is 0 Å². The highest BCUT2D eigenvalue weighted by molar-refractivity contribution is 5.39. The van der Waals surface area contributed by atoms with Crippen molar-refractivity contribution in [3.63, 3.8) is 0 Å². The molecule has 0 radical (unpaired) electrons. The van der Waals surface area contributed by atoms with Crippen LogP contribution < -0.4 is 14.2 Å². The second-order valence-electron chi connectivity index (χ2n) is 4.47. The Hall–Kier alpha value is -2.23. The van der Waals surface area contributed by atoms with Crippen LogP contribution in [0.2, 0.25) is 0 Å². The quantitative estimate of drug-likeness (QED) is 0.850. The predicted molar refractivity (Wildman–Crippen MR) is 82.0 cm³/mol. The molecule has 21 heavy (non-hydrogen) atoms. The van der Waals surface area contributed by atoms with Gasteiger partial charge in [0.25, 0.3) is 0 Å². The second kappa shape index (κ2) is 8.15. The first kappa shape index (κ1) is 16.8. The Morgan fingerprint density at radius 2 is 1.43 bits per heavy atom. The van der Waals surface area contributed by atoms with E-state index in [4.69, 9.17) is 14.2 Å². The molecule has 0 unspecified atom stereocenters. The van der Waals surface area contributed by atoms with E-state index in [1.165, 1.54) is 13.2 Å². The van der Waals surface area contributed by atoms with Gasteiger partial charge in [-0.25, -0.2) is 4.39 Å². The molecule has 2 rings (SSSR count). The Bertz CT molecular complexity index is 582. The summed E-state index contributed by atoms with van der Waals surface area (Å²) in [6.07, 6.45) is 0. The second-order valence-corrected chi connectivity index (χ2v) is 4.47. The number of hydrogen-bond acceptors (Lipinski definition) is 3. The Labute approximate surface area is 125 Å². The fourth-order valence-electron chi connectivity index (χ4n) is 1.70. The van der Waals surface area contributed by atoms with Gasteiger partial charge >= 0.3 is 0 Å². The lowest BCUT2D eigenvalue weighted by Crippen LogP contribution is -1.88. The van der Waals surface area contributed by atoms with Crippen LogP contribution in [0.15, 0.2) is 36.4 Å². The van der Waals surface area contributed by atoms with Crippen molar-refractivity contribution in [1.82, 2.24) is 0 Å². The lowest BCUT2D eigenvalue weighted by molar-refractivity contribution is 0.386. The molecule has 2 aromatic rings. The summed E-state index contributed by atoms with van der Waals surface area (Å²) in [7, 11) is 4.75. The van der Waals surface area contributed by atoms with Crippen LogP contribution >= 0.6 is 0 Å². The summed E-state index contributed by atoms with van der Waals surface area (Å²) in [6.45, 7) is 3.83. The van der Waals surface area contributed by atoms with E-state index < -0.39 is 0 Å². The van der Waals surface area contributed by atoms with Gasteiger partial charge in [-0.2, -0.15) is 0 Å². The van der Waals surface area contributed by atoms with Crippen molar-refractivity contribution >= 4 is 0 Å². The maximum Gasteiger partial charge on any atom is 0.165 e. The standard InChI is InChI=1S/C9H12O2.C8H9FO/c1-7-4-5-8(10-2)6-9(7)11-3;1-6-3-4-8(10-2)7(9)5-6/h4-6H,1-3H3;3-5H,1-2H3. The van der Waals surface area contributed by atoms with Crippen molar-refractivity contribution in [2.75, 3.05) is 21.3 Å². The summed E-state index contributed by atoms with van der Waals surface area (Å²) in [5.41, 5.74) is 2.02. The maximum atomic E-state index is 12.7. The fraction of sp³-hybridized carbons (Fsp3) is 0.294. The predicted octanol–water partition coefficient (Wildman–Crippen LogP) is 4.15. The molecule has 0 spiro atoms. The van der Waals surface area contributed by atoms with E-state index in [0.717, 1.165) is 22.6 Å². The van der Waals surface area contributed by atoms with E-state index in [9.17, 15) is 4.39 Å². The molecule has 0 aliphatic carbocycles. The van der Waals surface area contributed by atoms with Gasteiger partial charge in [0.15, 0.2) is 11.6 Å². The van der Waals surface area contributed by atoms with Crippen molar-refractivity contribution in [3.8, 4) is 17.2 Å². The largest absolute Gasteiger partial charge is 0.497 e. The third-order valence-electron chi connectivity index (χ3n) is 2.92. The Morgan fingerprint density at radius 1 is 0.762 bits per heavy atom. The minimum Gasteiger partial charge on any atom is -0.497 e. The minimum atomic E-state index is -0.303. The van der Waals surface area contributed by atoms with Crippen LogP contribution in [0.1, 0.15) is 11.1 Å². The summed E-state index contributed by atoms with van der Waals surface area (Å²) in [5.74, 6) is 1.69. The number of aryl methyl sites for hydroxylation is 2. The number of halogens is 1.